The first-order valence-electron chi connectivity index (χ1n) is 9.14. The van der Waals surface area contributed by atoms with Crippen molar-refractivity contribution in [1.82, 2.24) is 10.3 Å². The van der Waals surface area contributed by atoms with Crippen molar-refractivity contribution in [1.29, 1.82) is 0 Å². The number of nitrogens with zero attached hydrogens (tertiary/aromatic N) is 2. The van der Waals surface area contributed by atoms with Gasteiger partial charge in [-0.25, -0.2) is 9.38 Å². The van der Waals surface area contributed by atoms with Crippen molar-refractivity contribution < 1.29 is 14.0 Å². The molecule has 2 aromatic carbocycles. The lowest BCUT2D eigenvalue weighted by atomic mass is 10.2. The Morgan fingerprint density at radius 1 is 1.00 bits per heavy atom. The van der Waals surface area contributed by atoms with E-state index in [2.05, 4.69) is 25.9 Å². The molecule has 152 valence electrons. The van der Waals surface area contributed by atoms with Gasteiger partial charge in [0.1, 0.15) is 5.82 Å². The summed E-state index contributed by atoms with van der Waals surface area (Å²) < 4.78 is 13.5. The molecule has 0 radical (unpaired) electrons. The van der Waals surface area contributed by atoms with E-state index in [9.17, 15) is 14.0 Å². The second-order valence-corrected chi connectivity index (χ2v) is 6.38. The smallest absolute Gasteiger partial charge is 0.258 e. The number of anilines is 2. The molecule has 0 aliphatic heterocycles. The van der Waals surface area contributed by atoms with Crippen LogP contribution in [0.5, 0.6) is 0 Å². The van der Waals surface area contributed by atoms with Gasteiger partial charge in [-0.05, 0) is 48.0 Å². The number of halogens is 1. The molecule has 0 fully saturated rings. The second-order valence-electron chi connectivity index (χ2n) is 6.38. The number of nitrogens with one attached hydrogen (secondary N) is 3. The monoisotopic (exact) mass is 405 g/mol. The highest BCUT2D eigenvalue weighted by Gasteiger charge is 2.11. The standard InChI is InChI=1S/C22H20FN5O2/c1-15(29)26-19-8-2-6-17(11-19)21(30)28-22(25-14-16-5-4-10-24-13-16)27-20-9-3-7-18(23)12-20/h2-13H,14H2,1H3,(H,26,29)(H2,25,27,28,30). The van der Waals surface area contributed by atoms with Crippen molar-refractivity contribution in [3.63, 3.8) is 0 Å². The predicted molar refractivity (Wildman–Crippen MR) is 114 cm³/mol. The van der Waals surface area contributed by atoms with Gasteiger partial charge in [0.05, 0.1) is 6.54 Å². The van der Waals surface area contributed by atoms with Gasteiger partial charge in [0.25, 0.3) is 5.91 Å². The lowest BCUT2D eigenvalue weighted by Crippen LogP contribution is -2.36. The van der Waals surface area contributed by atoms with Crippen LogP contribution in [0.4, 0.5) is 15.8 Å². The summed E-state index contributed by atoms with van der Waals surface area (Å²) in [7, 11) is 0. The summed E-state index contributed by atoms with van der Waals surface area (Å²) in [5, 5.41) is 8.25. The molecular formula is C22H20FN5O2. The average molecular weight is 405 g/mol. The molecule has 30 heavy (non-hydrogen) atoms. The van der Waals surface area contributed by atoms with Crippen LogP contribution in [0, 0.1) is 5.82 Å². The third-order valence-electron chi connectivity index (χ3n) is 3.91. The Morgan fingerprint density at radius 2 is 1.77 bits per heavy atom. The van der Waals surface area contributed by atoms with Crippen LogP contribution in [-0.2, 0) is 11.3 Å². The zero-order chi connectivity index (χ0) is 21.3. The Bertz CT molecular complexity index is 1070. The van der Waals surface area contributed by atoms with Crippen molar-refractivity contribution in [2.45, 2.75) is 13.5 Å². The molecule has 0 saturated carbocycles. The summed E-state index contributed by atoms with van der Waals surface area (Å²) in [5.74, 6) is -0.935. The van der Waals surface area contributed by atoms with Crippen LogP contribution in [0.1, 0.15) is 22.8 Å². The number of aromatic nitrogens is 1. The van der Waals surface area contributed by atoms with Gasteiger partial charge in [-0.1, -0.05) is 18.2 Å². The highest BCUT2D eigenvalue weighted by atomic mass is 19.1. The van der Waals surface area contributed by atoms with Gasteiger partial charge >= 0.3 is 0 Å². The number of carbonyl (C=O) groups is 2. The fraction of sp³-hybridized carbons (Fsp3) is 0.0909. The van der Waals surface area contributed by atoms with E-state index >= 15 is 0 Å². The lowest BCUT2D eigenvalue weighted by Gasteiger charge is -2.12. The predicted octanol–water partition coefficient (Wildman–Crippen LogP) is 3.58. The van der Waals surface area contributed by atoms with Gasteiger partial charge < -0.3 is 10.6 Å². The van der Waals surface area contributed by atoms with Crippen molar-refractivity contribution in [2.24, 2.45) is 4.99 Å². The zero-order valence-electron chi connectivity index (χ0n) is 16.2. The first kappa shape index (κ1) is 20.7. The molecule has 3 N–H and O–H groups in total. The van der Waals surface area contributed by atoms with Crippen molar-refractivity contribution >= 4 is 29.1 Å². The molecule has 0 spiro atoms. The first-order chi connectivity index (χ1) is 14.5. The van der Waals surface area contributed by atoms with E-state index in [0.29, 0.717) is 16.9 Å². The molecule has 1 heterocycles. The van der Waals surface area contributed by atoms with Gasteiger partial charge in [0.2, 0.25) is 11.9 Å². The van der Waals surface area contributed by atoms with Gasteiger partial charge in [0, 0.05) is 36.3 Å². The summed E-state index contributed by atoms with van der Waals surface area (Å²) in [6.07, 6.45) is 3.32. The van der Waals surface area contributed by atoms with Crippen LogP contribution in [0.3, 0.4) is 0 Å². The topological polar surface area (TPSA) is 95.5 Å². The number of aliphatic imine (C=N–C) groups is 1. The van der Waals surface area contributed by atoms with Crippen molar-refractivity contribution in [3.8, 4) is 0 Å². The molecule has 7 nitrogen and oxygen atoms in total. The maximum Gasteiger partial charge on any atom is 0.258 e. The summed E-state index contributed by atoms with van der Waals surface area (Å²) in [6.45, 7) is 1.65. The Kier molecular flexibility index (Phi) is 6.83. The molecule has 3 aromatic rings. The van der Waals surface area contributed by atoms with Gasteiger partial charge in [0.15, 0.2) is 0 Å². The summed E-state index contributed by atoms with van der Waals surface area (Å²) >= 11 is 0. The maximum absolute atomic E-state index is 13.5. The molecular weight excluding hydrogens is 385 g/mol. The zero-order valence-corrected chi connectivity index (χ0v) is 16.2. The van der Waals surface area contributed by atoms with Crippen LogP contribution in [0.2, 0.25) is 0 Å². The number of hydrogen-bond acceptors (Lipinski definition) is 4. The fourth-order valence-corrected chi connectivity index (χ4v) is 2.60. The Labute approximate surface area is 173 Å². The van der Waals surface area contributed by atoms with Crippen LogP contribution in [0.15, 0.2) is 78.0 Å². The fourth-order valence-electron chi connectivity index (χ4n) is 2.60. The minimum absolute atomic E-state index is 0.152. The largest absolute Gasteiger partial charge is 0.326 e. The number of hydrogen-bond donors (Lipinski definition) is 3. The van der Waals surface area contributed by atoms with Crippen molar-refractivity contribution in [2.75, 3.05) is 10.6 Å². The van der Waals surface area contributed by atoms with Crippen LogP contribution in [-0.4, -0.2) is 22.8 Å². The molecule has 0 unspecified atom stereocenters. The van der Waals surface area contributed by atoms with E-state index in [0.717, 1.165) is 5.56 Å². The first-order valence-corrected chi connectivity index (χ1v) is 9.14. The summed E-state index contributed by atoms with van der Waals surface area (Å²) in [5.41, 5.74) is 2.11. The molecule has 1 aromatic heterocycles. The SMILES string of the molecule is CC(=O)Nc1cccc(C(=O)NC(=NCc2cccnc2)Nc2cccc(F)c2)c1. The number of guanidine groups is 1. The Balaban J connectivity index is 1.80. The number of carbonyl (C=O) groups excluding carboxylic acids is 2. The van der Waals surface area contributed by atoms with E-state index in [1.807, 2.05) is 6.07 Å². The minimum Gasteiger partial charge on any atom is -0.326 e. The normalized spacial score (nSPS) is 10.9. The summed E-state index contributed by atoms with van der Waals surface area (Å²) in [4.78, 5) is 32.4. The number of rotatable bonds is 5. The third-order valence-corrected chi connectivity index (χ3v) is 3.91. The van der Waals surface area contributed by atoms with E-state index in [-0.39, 0.29) is 18.4 Å². The maximum atomic E-state index is 13.5. The molecule has 0 atom stereocenters. The summed E-state index contributed by atoms with van der Waals surface area (Å²) in [6, 6.07) is 16.0. The van der Waals surface area contributed by atoms with E-state index in [1.54, 1.807) is 54.9 Å². The van der Waals surface area contributed by atoms with Gasteiger partial charge in [-0.2, -0.15) is 0 Å². The molecule has 8 heteroatoms. The van der Waals surface area contributed by atoms with Crippen molar-refractivity contribution in [3.05, 3.63) is 90.0 Å². The van der Waals surface area contributed by atoms with E-state index in [4.69, 9.17) is 0 Å². The quantitative estimate of drug-likeness (QED) is 0.447. The van der Waals surface area contributed by atoms with E-state index in [1.165, 1.54) is 19.1 Å². The highest BCUT2D eigenvalue weighted by Crippen LogP contribution is 2.12. The van der Waals surface area contributed by atoms with Gasteiger partial charge in [-0.15, -0.1) is 0 Å². The molecule has 0 bridgehead atoms. The molecule has 2 amide bonds. The Morgan fingerprint density at radius 3 is 2.47 bits per heavy atom. The number of pyridine rings is 1. The van der Waals surface area contributed by atoms with Crippen LogP contribution >= 0.6 is 0 Å². The number of benzene rings is 2. The van der Waals surface area contributed by atoms with E-state index < -0.39 is 11.7 Å². The molecule has 0 aliphatic carbocycles. The molecule has 0 saturated heterocycles. The van der Waals surface area contributed by atoms with Gasteiger partial charge in [-0.3, -0.25) is 19.9 Å². The highest BCUT2D eigenvalue weighted by molar-refractivity contribution is 6.10. The molecule has 0 aliphatic rings. The van der Waals surface area contributed by atoms with Crippen LogP contribution < -0.4 is 16.0 Å². The number of amides is 2. The molecule has 3 rings (SSSR count). The minimum atomic E-state index is -0.434. The average Bonchev–Trinajstić information content (AvgIpc) is 2.72. The third kappa shape index (κ3) is 6.23. The Hall–Kier alpha value is -4.07. The lowest BCUT2D eigenvalue weighted by molar-refractivity contribution is -0.114. The van der Waals surface area contributed by atoms with Crippen LogP contribution in [0.25, 0.3) is 0 Å². The second kappa shape index (κ2) is 9.92.